The van der Waals surface area contributed by atoms with E-state index in [0.717, 1.165) is 12.1 Å². The summed E-state index contributed by atoms with van der Waals surface area (Å²) in [6.45, 7) is 1.80. The molecule has 0 aliphatic rings. The summed E-state index contributed by atoms with van der Waals surface area (Å²) in [6, 6.07) is 3.78. The zero-order valence-electron chi connectivity index (χ0n) is 11.5. The molecule has 0 aliphatic heterocycles. The molecule has 2 aromatic rings. The molecule has 2 aromatic heterocycles. The van der Waals surface area contributed by atoms with Gasteiger partial charge >= 0.3 is 0 Å². The van der Waals surface area contributed by atoms with Gasteiger partial charge < -0.3 is 9.80 Å². The molecule has 20 heavy (non-hydrogen) atoms. The summed E-state index contributed by atoms with van der Waals surface area (Å²) >= 11 is 0. The highest BCUT2D eigenvalue weighted by Gasteiger charge is 2.20. The van der Waals surface area contributed by atoms with Crippen molar-refractivity contribution in [2.75, 3.05) is 27.2 Å². The van der Waals surface area contributed by atoms with Crippen molar-refractivity contribution in [1.29, 1.82) is 0 Å². The minimum atomic E-state index is -0.246. The number of aromatic nitrogens is 5. The lowest BCUT2D eigenvalue weighted by molar-refractivity contribution is 0.0719. The summed E-state index contributed by atoms with van der Waals surface area (Å²) in [7, 11) is 3.92. The molecular formula is C12H17N7O. The quantitative estimate of drug-likeness (QED) is 0.785. The predicted octanol–water partition coefficient (Wildman–Crippen LogP) is -0.201. The molecule has 1 amide bonds. The summed E-state index contributed by atoms with van der Waals surface area (Å²) < 4.78 is 0. The van der Waals surface area contributed by atoms with Crippen LogP contribution >= 0.6 is 0 Å². The number of rotatable bonds is 6. The van der Waals surface area contributed by atoms with Gasteiger partial charge in [-0.3, -0.25) is 9.78 Å². The summed E-state index contributed by atoms with van der Waals surface area (Å²) in [5.74, 6) is -0.169. The van der Waals surface area contributed by atoms with E-state index in [1.54, 1.807) is 17.3 Å². The van der Waals surface area contributed by atoms with E-state index in [2.05, 4.69) is 25.6 Å². The van der Waals surface area contributed by atoms with Crippen LogP contribution in [0.5, 0.6) is 0 Å². The standard InChI is InChI=1S/C12H17N7O/c1-18(2)6-7-19(9-10-4-3-5-13-8-10)12(20)11-14-16-17-15-11/h3-5,8H,6-7,9H2,1-2H3,(H,14,15,16,17). The first-order chi connectivity index (χ1) is 9.66. The van der Waals surface area contributed by atoms with Gasteiger partial charge in [0.05, 0.1) is 0 Å². The summed E-state index contributed by atoms with van der Waals surface area (Å²) in [5.41, 5.74) is 0.961. The molecule has 106 valence electrons. The van der Waals surface area contributed by atoms with Crippen molar-refractivity contribution in [1.82, 2.24) is 35.4 Å². The van der Waals surface area contributed by atoms with Gasteiger partial charge in [-0.1, -0.05) is 6.07 Å². The predicted molar refractivity (Wildman–Crippen MR) is 71.7 cm³/mol. The van der Waals surface area contributed by atoms with Gasteiger partial charge in [0, 0.05) is 32.0 Å². The van der Waals surface area contributed by atoms with Gasteiger partial charge in [-0.2, -0.15) is 5.21 Å². The van der Waals surface area contributed by atoms with E-state index in [1.807, 2.05) is 31.1 Å². The lowest BCUT2D eigenvalue weighted by Gasteiger charge is -2.23. The number of nitrogens with zero attached hydrogens (tertiary/aromatic N) is 6. The molecule has 0 spiro atoms. The van der Waals surface area contributed by atoms with Gasteiger partial charge in [-0.05, 0) is 30.9 Å². The first-order valence-corrected chi connectivity index (χ1v) is 6.23. The number of H-pyrrole nitrogens is 1. The van der Waals surface area contributed by atoms with Crippen LogP contribution < -0.4 is 0 Å². The Hall–Kier alpha value is -2.35. The van der Waals surface area contributed by atoms with E-state index in [9.17, 15) is 4.79 Å². The van der Waals surface area contributed by atoms with Gasteiger partial charge in [0.25, 0.3) is 11.7 Å². The fourth-order valence-electron chi connectivity index (χ4n) is 1.68. The minimum absolute atomic E-state index is 0.0765. The molecule has 0 atom stereocenters. The molecule has 1 N–H and O–H groups in total. The van der Waals surface area contributed by atoms with Crippen molar-refractivity contribution in [3.05, 3.63) is 35.9 Å². The van der Waals surface area contributed by atoms with Crippen molar-refractivity contribution in [2.45, 2.75) is 6.54 Å². The third-order valence-electron chi connectivity index (χ3n) is 2.74. The van der Waals surface area contributed by atoms with Crippen molar-refractivity contribution in [2.24, 2.45) is 0 Å². The fourth-order valence-corrected chi connectivity index (χ4v) is 1.68. The number of likely N-dealkylation sites (N-methyl/N-ethyl adjacent to an activating group) is 1. The largest absolute Gasteiger partial charge is 0.330 e. The molecule has 0 unspecified atom stereocenters. The molecule has 0 aromatic carbocycles. The number of carbonyl (C=O) groups is 1. The molecule has 2 rings (SSSR count). The minimum Gasteiger partial charge on any atom is -0.330 e. The number of hydrogen-bond acceptors (Lipinski definition) is 6. The topological polar surface area (TPSA) is 90.9 Å². The highest BCUT2D eigenvalue weighted by Crippen LogP contribution is 2.06. The van der Waals surface area contributed by atoms with E-state index < -0.39 is 0 Å². The second-order valence-corrected chi connectivity index (χ2v) is 4.63. The Balaban J connectivity index is 2.10. The van der Waals surface area contributed by atoms with E-state index >= 15 is 0 Å². The normalized spacial score (nSPS) is 10.8. The molecule has 0 saturated heterocycles. The Kier molecular flexibility index (Phi) is 4.72. The third-order valence-corrected chi connectivity index (χ3v) is 2.74. The molecule has 0 radical (unpaired) electrons. The molecule has 8 heteroatoms. The number of nitrogens with one attached hydrogen (secondary N) is 1. The molecule has 8 nitrogen and oxygen atoms in total. The van der Waals surface area contributed by atoms with Crippen molar-refractivity contribution in [3.8, 4) is 0 Å². The maximum absolute atomic E-state index is 12.3. The number of pyridine rings is 1. The van der Waals surface area contributed by atoms with Crippen LogP contribution in [0.3, 0.4) is 0 Å². The zero-order chi connectivity index (χ0) is 14.4. The Morgan fingerprint density at radius 1 is 1.35 bits per heavy atom. The maximum atomic E-state index is 12.3. The first-order valence-electron chi connectivity index (χ1n) is 6.23. The molecule has 0 aliphatic carbocycles. The van der Waals surface area contributed by atoms with Gasteiger partial charge in [-0.25, -0.2) is 0 Å². The highest BCUT2D eigenvalue weighted by atomic mass is 16.2. The number of carbonyl (C=O) groups excluding carboxylic acids is 1. The zero-order valence-corrected chi connectivity index (χ0v) is 11.5. The number of hydrogen-bond donors (Lipinski definition) is 1. The van der Waals surface area contributed by atoms with Gasteiger partial charge in [-0.15, -0.1) is 10.2 Å². The highest BCUT2D eigenvalue weighted by molar-refractivity contribution is 5.90. The fraction of sp³-hybridized carbons (Fsp3) is 0.417. The molecule has 0 bridgehead atoms. The van der Waals surface area contributed by atoms with E-state index in [0.29, 0.717) is 13.1 Å². The van der Waals surface area contributed by atoms with Crippen LogP contribution in [0, 0.1) is 0 Å². The van der Waals surface area contributed by atoms with Gasteiger partial charge in [0.2, 0.25) is 0 Å². The average Bonchev–Trinajstić information content (AvgIpc) is 2.97. The van der Waals surface area contributed by atoms with Gasteiger partial charge in [0.1, 0.15) is 0 Å². The Morgan fingerprint density at radius 3 is 2.80 bits per heavy atom. The second-order valence-electron chi connectivity index (χ2n) is 4.63. The summed E-state index contributed by atoms with van der Waals surface area (Å²) in [5, 5.41) is 13.2. The number of amides is 1. The monoisotopic (exact) mass is 275 g/mol. The smallest absolute Gasteiger partial charge is 0.295 e. The van der Waals surface area contributed by atoms with Crippen LogP contribution in [0.4, 0.5) is 0 Å². The van der Waals surface area contributed by atoms with Crippen LogP contribution in [-0.4, -0.2) is 68.5 Å². The van der Waals surface area contributed by atoms with Crippen LogP contribution in [-0.2, 0) is 6.54 Å². The van der Waals surface area contributed by atoms with E-state index in [1.165, 1.54) is 0 Å². The van der Waals surface area contributed by atoms with Crippen molar-refractivity contribution in [3.63, 3.8) is 0 Å². The van der Waals surface area contributed by atoms with E-state index in [-0.39, 0.29) is 11.7 Å². The lowest BCUT2D eigenvalue weighted by Crippen LogP contribution is -2.36. The van der Waals surface area contributed by atoms with Crippen molar-refractivity contribution < 1.29 is 4.79 Å². The average molecular weight is 275 g/mol. The van der Waals surface area contributed by atoms with Crippen LogP contribution in [0.25, 0.3) is 0 Å². The van der Waals surface area contributed by atoms with Crippen LogP contribution in [0.1, 0.15) is 16.2 Å². The lowest BCUT2D eigenvalue weighted by atomic mass is 10.2. The number of aromatic amines is 1. The summed E-state index contributed by atoms with van der Waals surface area (Å²) in [6.07, 6.45) is 3.45. The molecule has 2 heterocycles. The maximum Gasteiger partial charge on any atom is 0.295 e. The molecule has 0 fully saturated rings. The second kappa shape index (κ2) is 6.71. The molecule has 0 saturated carbocycles. The Bertz CT molecular complexity index is 526. The Labute approximate surface area is 116 Å². The van der Waals surface area contributed by atoms with Crippen LogP contribution in [0.15, 0.2) is 24.5 Å². The van der Waals surface area contributed by atoms with Crippen molar-refractivity contribution >= 4 is 5.91 Å². The number of tetrazole rings is 1. The SMILES string of the molecule is CN(C)CCN(Cc1cccnc1)C(=O)c1nn[nH]n1. The first kappa shape index (κ1) is 14.1. The third kappa shape index (κ3) is 3.82. The molecular weight excluding hydrogens is 258 g/mol. The van der Waals surface area contributed by atoms with E-state index in [4.69, 9.17) is 0 Å². The summed E-state index contributed by atoms with van der Waals surface area (Å²) in [4.78, 5) is 20.1. The Morgan fingerprint density at radius 2 is 2.20 bits per heavy atom. The van der Waals surface area contributed by atoms with Crippen LogP contribution in [0.2, 0.25) is 0 Å². The van der Waals surface area contributed by atoms with Gasteiger partial charge in [0.15, 0.2) is 0 Å².